The van der Waals surface area contributed by atoms with Crippen molar-refractivity contribution in [1.82, 2.24) is 9.62 Å². The van der Waals surface area contributed by atoms with Crippen LogP contribution in [-0.4, -0.2) is 38.9 Å². The molecule has 0 radical (unpaired) electrons. The van der Waals surface area contributed by atoms with Gasteiger partial charge in [0.1, 0.15) is 4.21 Å². The van der Waals surface area contributed by atoms with Gasteiger partial charge in [-0.2, -0.15) is 0 Å². The molecule has 0 unspecified atom stereocenters. The summed E-state index contributed by atoms with van der Waals surface area (Å²) in [5.74, 6) is -0.135. The van der Waals surface area contributed by atoms with E-state index in [1.54, 1.807) is 17.0 Å². The lowest BCUT2D eigenvalue weighted by molar-refractivity contribution is -0.129. The second-order valence-electron chi connectivity index (χ2n) is 4.98. The Morgan fingerprint density at radius 3 is 2.45 bits per heavy atom. The molecule has 5 nitrogen and oxygen atoms in total. The molecule has 2 rings (SSSR count). The third kappa shape index (κ3) is 4.04. The molecule has 0 atom stereocenters. The van der Waals surface area contributed by atoms with Gasteiger partial charge in [0.2, 0.25) is 5.91 Å². The predicted molar refractivity (Wildman–Crippen MR) is 79.3 cm³/mol. The lowest BCUT2D eigenvalue weighted by Gasteiger charge is -2.20. The normalized spacial score (nSPS) is 16.9. The van der Waals surface area contributed by atoms with Gasteiger partial charge >= 0.3 is 0 Å². The quantitative estimate of drug-likeness (QED) is 0.920. The van der Waals surface area contributed by atoms with E-state index >= 15 is 0 Å². The molecular formula is C13H20N2O3S2. The van der Waals surface area contributed by atoms with Crippen molar-refractivity contribution in [3.8, 4) is 0 Å². The number of amides is 1. The van der Waals surface area contributed by atoms with Crippen molar-refractivity contribution in [3.05, 3.63) is 17.0 Å². The first-order valence-corrected chi connectivity index (χ1v) is 9.13. The SMILES string of the molecule is Cc1ccc(S(=O)(=O)NCC(=O)N2CCCCCC2)s1. The smallest absolute Gasteiger partial charge is 0.250 e. The first kappa shape index (κ1) is 15.5. The van der Waals surface area contributed by atoms with E-state index in [4.69, 9.17) is 0 Å². The molecule has 1 aromatic rings. The monoisotopic (exact) mass is 316 g/mol. The Bertz CT molecular complexity index is 558. The maximum absolute atomic E-state index is 12.0. The summed E-state index contributed by atoms with van der Waals surface area (Å²) in [6.45, 7) is 3.17. The van der Waals surface area contributed by atoms with Crippen LogP contribution in [0.1, 0.15) is 30.6 Å². The lowest BCUT2D eigenvalue weighted by Crippen LogP contribution is -2.40. The molecule has 0 aliphatic carbocycles. The number of sulfonamides is 1. The summed E-state index contributed by atoms with van der Waals surface area (Å²) in [6, 6.07) is 3.33. The number of aryl methyl sites for hydroxylation is 1. The predicted octanol–water partition coefficient (Wildman–Crippen LogP) is 1.74. The number of hydrogen-bond donors (Lipinski definition) is 1. The van der Waals surface area contributed by atoms with Crippen molar-refractivity contribution in [1.29, 1.82) is 0 Å². The fourth-order valence-corrected chi connectivity index (χ4v) is 4.52. The van der Waals surface area contributed by atoms with E-state index in [9.17, 15) is 13.2 Å². The van der Waals surface area contributed by atoms with Gasteiger partial charge in [-0.3, -0.25) is 4.79 Å². The first-order chi connectivity index (χ1) is 9.49. The summed E-state index contributed by atoms with van der Waals surface area (Å²) >= 11 is 1.21. The summed E-state index contributed by atoms with van der Waals surface area (Å²) in [5, 5.41) is 0. The molecule has 2 heterocycles. The zero-order valence-corrected chi connectivity index (χ0v) is 13.2. The van der Waals surface area contributed by atoms with Gasteiger partial charge in [-0.1, -0.05) is 12.8 Å². The van der Waals surface area contributed by atoms with E-state index < -0.39 is 10.0 Å². The molecule has 0 saturated carbocycles. The molecular weight excluding hydrogens is 296 g/mol. The van der Waals surface area contributed by atoms with Crippen molar-refractivity contribution >= 4 is 27.3 Å². The van der Waals surface area contributed by atoms with Gasteiger partial charge < -0.3 is 4.90 Å². The average molecular weight is 316 g/mol. The molecule has 1 N–H and O–H groups in total. The van der Waals surface area contributed by atoms with Crippen LogP contribution in [0, 0.1) is 6.92 Å². The Morgan fingerprint density at radius 1 is 1.25 bits per heavy atom. The Labute approximate surface area is 124 Å². The van der Waals surface area contributed by atoms with Gasteiger partial charge in [0.25, 0.3) is 10.0 Å². The fraction of sp³-hybridized carbons (Fsp3) is 0.615. The number of carbonyl (C=O) groups excluding carboxylic acids is 1. The highest BCUT2D eigenvalue weighted by Crippen LogP contribution is 2.20. The maximum atomic E-state index is 12.0. The van der Waals surface area contributed by atoms with Crippen molar-refractivity contribution < 1.29 is 13.2 Å². The van der Waals surface area contributed by atoms with Crippen molar-refractivity contribution in [2.45, 2.75) is 36.8 Å². The van der Waals surface area contributed by atoms with Gasteiger partial charge in [-0.05, 0) is 31.9 Å². The number of carbonyl (C=O) groups is 1. The summed E-state index contributed by atoms with van der Waals surface area (Å²) in [4.78, 5) is 14.7. The molecule has 0 bridgehead atoms. The van der Waals surface area contributed by atoms with Crippen molar-refractivity contribution in [3.63, 3.8) is 0 Å². The van der Waals surface area contributed by atoms with Crippen molar-refractivity contribution in [2.24, 2.45) is 0 Å². The number of thiophene rings is 1. The van der Waals surface area contributed by atoms with Crippen LogP contribution in [0.2, 0.25) is 0 Å². The molecule has 1 fully saturated rings. The van der Waals surface area contributed by atoms with E-state index in [0.29, 0.717) is 0 Å². The van der Waals surface area contributed by atoms with Crippen LogP contribution in [0.15, 0.2) is 16.3 Å². The molecule has 0 spiro atoms. The molecule has 112 valence electrons. The fourth-order valence-electron chi connectivity index (χ4n) is 2.22. The third-order valence-corrected chi connectivity index (χ3v) is 6.25. The highest BCUT2D eigenvalue weighted by molar-refractivity contribution is 7.91. The molecule has 1 saturated heterocycles. The average Bonchev–Trinajstić information content (AvgIpc) is 2.69. The molecule has 1 aliphatic rings. The summed E-state index contributed by atoms with van der Waals surface area (Å²) < 4.78 is 26.7. The Hall–Kier alpha value is -0.920. The molecule has 7 heteroatoms. The number of nitrogens with one attached hydrogen (secondary N) is 1. The second-order valence-corrected chi connectivity index (χ2v) is 8.27. The van der Waals surface area contributed by atoms with Crippen LogP contribution in [0.25, 0.3) is 0 Å². The van der Waals surface area contributed by atoms with Gasteiger partial charge in [0, 0.05) is 18.0 Å². The van der Waals surface area contributed by atoms with Gasteiger partial charge in [0.05, 0.1) is 6.54 Å². The van der Waals surface area contributed by atoms with Crippen molar-refractivity contribution in [2.75, 3.05) is 19.6 Å². The number of likely N-dealkylation sites (tertiary alicyclic amines) is 1. The van der Waals surface area contributed by atoms with Gasteiger partial charge in [-0.25, -0.2) is 13.1 Å². The van der Waals surface area contributed by atoms with E-state index in [2.05, 4.69) is 4.72 Å². The maximum Gasteiger partial charge on any atom is 0.250 e. The largest absolute Gasteiger partial charge is 0.342 e. The van der Waals surface area contributed by atoms with Crippen LogP contribution < -0.4 is 4.72 Å². The van der Waals surface area contributed by atoms with E-state index in [1.165, 1.54) is 11.3 Å². The minimum atomic E-state index is -3.56. The van der Waals surface area contributed by atoms with Crippen LogP contribution in [0.3, 0.4) is 0 Å². The Balaban J connectivity index is 1.92. The van der Waals surface area contributed by atoms with Crippen LogP contribution in [-0.2, 0) is 14.8 Å². The van der Waals surface area contributed by atoms with E-state index in [1.807, 2.05) is 6.92 Å². The van der Waals surface area contributed by atoms with Crippen LogP contribution >= 0.6 is 11.3 Å². The standard InChI is InChI=1S/C13H20N2O3S2/c1-11-6-7-13(19-11)20(17,18)14-10-12(16)15-8-4-2-3-5-9-15/h6-7,14H,2-5,8-10H2,1H3. The lowest BCUT2D eigenvalue weighted by atomic mass is 10.2. The molecule has 1 amide bonds. The minimum Gasteiger partial charge on any atom is -0.342 e. The van der Waals surface area contributed by atoms with Gasteiger partial charge in [-0.15, -0.1) is 11.3 Å². The molecule has 1 aliphatic heterocycles. The highest BCUT2D eigenvalue weighted by Gasteiger charge is 2.20. The summed E-state index contributed by atoms with van der Waals surface area (Å²) in [5.41, 5.74) is 0. The van der Waals surface area contributed by atoms with Crippen LogP contribution in [0.4, 0.5) is 0 Å². The van der Waals surface area contributed by atoms with E-state index in [0.717, 1.165) is 43.6 Å². The zero-order chi connectivity index (χ0) is 14.6. The summed E-state index contributed by atoms with van der Waals surface area (Å²) in [6.07, 6.45) is 4.29. The minimum absolute atomic E-state index is 0.135. The third-order valence-electron chi connectivity index (χ3n) is 3.35. The van der Waals surface area contributed by atoms with E-state index in [-0.39, 0.29) is 16.7 Å². The van der Waals surface area contributed by atoms with Gasteiger partial charge in [0.15, 0.2) is 0 Å². The first-order valence-electron chi connectivity index (χ1n) is 6.83. The molecule has 20 heavy (non-hydrogen) atoms. The molecule has 1 aromatic heterocycles. The van der Waals surface area contributed by atoms with Crippen LogP contribution in [0.5, 0.6) is 0 Å². The number of rotatable bonds is 4. The number of hydrogen-bond acceptors (Lipinski definition) is 4. The number of nitrogens with zero attached hydrogens (tertiary/aromatic N) is 1. The topological polar surface area (TPSA) is 66.5 Å². The summed E-state index contributed by atoms with van der Waals surface area (Å²) in [7, 11) is -3.56. The molecule has 0 aromatic carbocycles. The zero-order valence-electron chi connectivity index (χ0n) is 11.6. The highest BCUT2D eigenvalue weighted by atomic mass is 32.2. The Morgan fingerprint density at radius 2 is 1.90 bits per heavy atom. The Kier molecular flexibility index (Phi) is 5.17. The second kappa shape index (κ2) is 6.69.